The Morgan fingerprint density at radius 1 is 1.30 bits per heavy atom. The van der Waals surface area contributed by atoms with E-state index in [9.17, 15) is 27.9 Å². The maximum atomic E-state index is 13.1. The van der Waals surface area contributed by atoms with Crippen molar-refractivity contribution in [2.24, 2.45) is 0 Å². The molecule has 106 valence electrons. The topological polar surface area (TPSA) is 87.7 Å². The molecule has 0 aliphatic carbocycles. The lowest BCUT2D eigenvalue weighted by Gasteiger charge is -2.13. The van der Waals surface area contributed by atoms with E-state index in [2.05, 4.69) is 4.42 Å². The number of hydrogen-bond acceptors (Lipinski definition) is 4. The first kappa shape index (κ1) is 13.9. The van der Waals surface area contributed by atoms with Gasteiger partial charge in [0, 0.05) is 11.5 Å². The smallest absolute Gasteiger partial charge is 0.417 e. The number of fused-ring (bicyclic) bond motifs is 1. The van der Waals surface area contributed by atoms with Crippen LogP contribution in [0.2, 0.25) is 0 Å². The summed E-state index contributed by atoms with van der Waals surface area (Å²) < 4.78 is 43.9. The van der Waals surface area contributed by atoms with Crippen molar-refractivity contribution in [2.45, 2.75) is 12.6 Å². The lowest BCUT2D eigenvalue weighted by molar-refractivity contribution is -0.139. The normalized spacial score (nSPS) is 11.8. The zero-order valence-corrected chi connectivity index (χ0v) is 9.69. The number of phenolic OH excluding ortho intramolecular Hbond substituents is 1. The van der Waals surface area contributed by atoms with Gasteiger partial charge in [-0.1, -0.05) is 0 Å². The van der Waals surface area contributed by atoms with E-state index in [0.717, 1.165) is 18.2 Å². The predicted octanol–water partition coefficient (Wildman–Crippen LogP) is 2.14. The molecule has 0 amide bonds. The van der Waals surface area contributed by atoms with Crippen LogP contribution in [0.25, 0.3) is 11.0 Å². The molecule has 1 aromatic heterocycles. The molecule has 0 atom stereocenters. The van der Waals surface area contributed by atoms with Gasteiger partial charge in [0.15, 0.2) is 0 Å². The quantitative estimate of drug-likeness (QED) is 0.827. The van der Waals surface area contributed by atoms with Crippen molar-refractivity contribution in [2.75, 3.05) is 0 Å². The number of carbonyl (C=O) groups is 1. The highest BCUT2D eigenvalue weighted by Crippen LogP contribution is 2.37. The maximum Gasteiger partial charge on any atom is 0.417 e. The van der Waals surface area contributed by atoms with Crippen LogP contribution in [0.3, 0.4) is 0 Å². The van der Waals surface area contributed by atoms with Gasteiger partial charge in [0.25, 0.3) is 0 Å². The molecule has 0 bridgehead atoms. The van der Waals surface area contributed by atoms with Crippen LogP contribution in [0.4, 0.5) is 13.2 Å². The van der Waals surface area contributed by atoms with E-state index in [1.54, 1.807) is 0 Å². The summed E-state index contributed by atoms with van der Waals surface area (Å²) in [5, 5.41) is 17.3. The van der Waals surface area contributed by atoms with Crippen molar-refractivity contribution in [3.8, 4) is 5.75 Å². The molecule has 1 aromatic carbocycles. The summed E-state index contributed by atoms with van der Waals surface area (Å²) in [7, 11) is 0. The summed E-state index contributed by atoms with van der Waals surface area (Å²) in [4.78, 5) is 22.1. The molecule has 0 aliphatic rings. The van der Waals surface area contributed by atoms with Gasteiger partial charge in [-0.3, -0.25) is 4.79 Å². The number of carboxylic acids is 1. The van der Waals surface area contributed by atoms with Crippen LogP contribution in [0, 0.1) is 0 Å². The zero-order valence-electron chi connectivity index (χ0n) is 9.69. The number of aromatic hydroxyl groups is 1. The summed E-state index contributed by atoms with van der Waals surface area (Å²) in [5.74, 6) is -1.96. The van der Waals surface area contributed by atoms with Crippen molar-refractivity contribution >= 4 is 16.9 Å². The Morgan fingerprint density at radius 3 is 2.50 bits per heavy atom. The molecule has 0 unspecified atom stereocenters. The lowest BCUT2D eigenvalue weighted by Crippen LogP contribution is -2.21. The molecule has 0 fully saturated rings. The second-order valence-corrected chi connectivity index (χ2v) is 3.99. The third kappa shape index (κ3) is 2.44. The van der Waals surface area contributed by atoms with E-state index in [1.165, 1.54) is 0 Å². The first-order valence-electron chi connectivity index (χ1n) is 5.28. The number of carboxylic acid groups (broad SMARTS) is 1. The molecular formula is C12H7F3O5. The summed E-state index contributed by atoms with van der Waals surface area (Å²) in [5.41, 5.74) is -4.18. The SMILES string of the molecule is O=C(O)Cc1c(C(F)(F)F)c2ccc(O)cc2oc1=O. The van der Waals surface area contributed by atoms with Crippen molar-refractivity contribution < 1.29 is 32.6 Å². The minimum atomic E-state index is -4.92. The lowest BCUT2D eigenvalue weighted by atomic mass is 10.0. The molecule has 8 heteroatoms. The molecule has 0 radical (unpaired) electrons. The predicted molar refractivity (Wildman–Crippen MR) is 60.5 cm³/mol. The minimum Gasteiger partial charge on any atom is -0.508 e. The first-order chi connectivity index (χ1) is 9.20. The number of halogens is 3. The van der Waals surface area contributed by atoms with Crippen LogP contribution < -0.4 is 5.63 Å². The van der Waals surface area contributed by atoms with Gasteiger partial charge in [0.1, 0.15) is 11.3 Å². The van der Waals surface area contributed by atoms with E-state index >= 15 is 0 Å². The fourth-order valence-corrected chi connectivity index (χ4v) is 1.86. The van der Waals surface area contributed by atoms with Crippen molar-refractivity contribution in [3.63, 3.8) is 0 Å². The van der Waals surface area contributed by atoms with Gasteiger partial charge in [-0.25, -0.2) is 4.79 Å². The van der Waals surface area contributed by atoms with E-state index in [4.69, 9.17) is 5.11 Å². The van der Waals surface area contributed by atoms with Gasteiger partial charge in [-0.15, -0.1) is 0 Å². The van der Waals surface area contributed by atoms with Gasteiger partial charge in [0.2, 0.25) is 0 Å². The fraction of sp³-hybridized carbons (Fsp3) is 0.167. The zero-order chi connectivity index (χ0) is 15.1. The average Bonchev–Trinajstić information content (AvgIpc) is 2.27. The van der Waals surface area contributed by atoms with Crippen molar-refractivity contribution in [3.05, 3.63) is 39.7 Å². The Balaban J connectivity index is 2.91. The van der Waals surface area contributed by atoms with Gasteiger partial charge in [-0.2, -0.15) is 13.2 Å². The van der Waals surface area contributed by atoms with Crippen LogP contribution >= 0.6 is 0 Å². The molecule has 20 heavy (non-hydrogen) atoms. The fourth-order valence-electron chi connectivity index (χ4n) is 1.86. The molecule has 0 aliphatic heterocycles. The Bertz CT molecular complexity index is 745. The van der Waals surface area contributed by atoms with Crippen LogP contribution in [0.1, 0.15) is 11.1 Å². The van der Waals surface area contributed by atoms with E-state index in [0.29, 0.717) is 0 Å². The van der Waals surface area contributed by atoms with E-state index in [-0.39, 0.29) is 5.75 Å². The Morgan fingerprint density at radius 2 is 1.95 bits per heavy atom. The van der Waals surface area contributed by atoms with Gasteiger partial charge >= 0.3 is 17.8 Å². The number of rotatable bonds is 2. The number of hydrogen-bond donors (Lipinski definition) is 2. The molecular weight excluding hydrogens is 281 g/mol. The second-order valence-electron chi connectivity index (χ2n) is 3.99. The summed E-state index contributed by atoms with van der Waals surface area (Å²) in [6.45, 7) is 0. The van der Waals surface area contributed by atoms with Crippen molar-refractivity contribution in [1.82, 2.24) is 0 Å². The second kappa shape index (κ2) is 4.55. The third-order valence-electron chi connectivity index (χ3n) is 2.60. The van der Waals surface area contributed by atoms with Crippen LogP contribution in [-0.2, 0) is 17.4 Å². The van der Waals surface area contributed by atoms with E-state index < -0.39 is 46.3 Å². The monoisotopic (exact) mass is 288 g/mol. The minimum absolute atomic E-state index is 0.375. The van der Waals surface area contributed by atoms with Crippen LogP contribution in [0.15, 0.2) is 27.4 Å². The largest absolute Gasteiger partial charge is 0.508 e. The Kier molecular flexibility index (Phi) is 3.16. The molecule has 0 spiro atoms. The Hall–Kier alpha value is -2.51. The first-order valence-corrected chi connectivity index (χ1v) is 5.28. The summed E-state index contributed by atoms with van der Waals surface area (Å²) in [6, 6.07) is 2.76. The number of benzene rings is 1. The molecule has 2 N–H and O–H groups in total. The molecule has 2 aromatic rings. The van der Waals surface area contributed by atoms with Crippen molar-refractivity contribution in [1.29, 1.82) is 0 Å². The number of aliphatic carboxylic acids is 1. The number of alkyl halides is 3. The standard InChI is InChI=1S/C12H7F3O5/c13-12(14,15)10-6-2-1-5(16)3-8(6)20-11(19)7(10)4-9(17)18/h1-3,16H,4H2,(H,17,18). The summed E-state index contributed by atoms with van der Waals surface area (Å²) in [6.07, 6.45) is -6.02. The van der Waals surface area contributed by atoms with Crippen LogP contribution in [0.5, 0.6) is 5.75 Å². The third-order valence-corrected chi connectivity index (χ3v) is 2.60. The Labute approximate surface area is 108 Å². The van der Waals surface area contributed by atoms with Gasteiger partial charge in [-0.05, 0) is 12.1 Å². The highest BCUT2D eigenvalue weighted by atomic mass is 19.4. The summed E-state index contributed by atoms with van der Waals surface area (Å²) >= 11 is 0. The number of phenols is 1. The molecule has 1 heterocycles. The maximum absolute atomic E-state index is 13.1. The molecule has 2 rings (SSSR count). The van der Waals surface area contributed by atoms with Gasteiger partial charge < -0.3 is 14.6 Å². The molecule has 5 nitrogen and oxygen atoms in total. The van der Waals surface area contributed by atoms with Gasteiger partial charge in [0.05, 0.1) is 17.5 Å². The highest BCUT2D eigenvalue weighted by molar-refractivity contribution is 5.84. The molecule has 0 saturated heterocycles. The van der Waals surface area contributed by atoms with E-state index in [1.807, 2.05) is 0 Å². The highest BCUT2D eigenvalue weighted by Gasteiger charge is 2.38. The average molecular weight is 288 g/mol. The van der Waals surface area contributed by atoms with Crippen LogP contribution in [-0.4, -0.2) is 16.2 Å². The molecule has 0 saturated carbocycles.